The number of hydrogen-bond acceptors (Lipinski definition) is 4. The van der Waals surface area contributed by atoms with Crippen molar-refractivity contribution >= 4 is 28.2 Å². The fourth-order valence-electron chi connectivity index (χ4n) is 2.61. The van der Waals surface area contributed by atoms with Crippen molar-refractivity contribution in [3.05, 3.63) is 51.7 Å². The second kappa shape index (κ2) is 6.05. The van der Waals surface area contributed by atoms with Crippen LogP contribution in [-0.2, 0) is 0 Å². The molecule has 22 heavy (non-hydrogen) atoms. The number of nitro groups is 1. The highest BCUT2D eigenvalue weighted by atomic mass is 16.6. The van der Waals surface area contributed by atoms with Gasteiger partial charge in [-0.1, -0.05) is 24.3 Å². The van der Waals surface area contributed by atoms with E-state index >= 15 is 0 Å². The minimum Gasteiger partial charge on any atom is -0.377 e. The first-order valence-electron chi connectivity index (χ1n) is 7.06. The first kappa shape index (κ1) is 15.8. The number of benzene rings is 2. The highest BCUT2D eigenvalue weighted by Gasteiger charge is 2.15. The fraction of sp³-hybridized carbons (Fsp3) is 0.294. The molecular weight excluding hydrogens is 278 g/mol. The third-order valence-corrected chi connectivity index (χ3v) is 3.61. The van der Waals surface area contributed by atoms with Gasteiger partial charge in [0, 0.05) is 57.8 Å². The minimum atomic E-state index is -0.360. The Morgan fingerprint density at radius 1 is 1.09 bits per heavy atom. The molecule has 0 aliphatic rings. The van der Waals surface area contributed by atoms with Crippen LogP contribution >= 0.6 is 0 Å². The van der Waals surface area contributed by atoms with Crippen molar-refractivity contribution in [1.82, 2.24) is 0 Å². The molecule has 0 amide bonds. The van der Waals surface area contributed by atoms with Crippen LogP contribution in [0.2, 0.25) is 0 Å². The molecule has 116 valence electrons. The maximum Gasteiger partial charge on any atom is 0.243 e. The number of anilines is 2. The van der Waals surface area contributed by atoms with Crippen LogP contribution in [0.5, 0.6) is 0 Å². The van der Waals surface area contributed by atoms with Crippen molar-refractivity contribution in [3.63, 3.8) is 0 Å². The third-order valence-electron chi connectivity index (χ3n) is 3.61. The van der Waals surface area contributed by atoms with Gasteiger partial charge in [-0.2, -0.15) is 0 Å². The van der Waals surface area contributed by atoms with Crippen LogP contribution in [0, 0.1) is 10.1 Å². The Labute approximate surface area is 130 Å². The largest absolute Gasteiger partial charge is 0.377 e. The predicted octanol–water partition coefficient (Wildman–Crippen LogP) is 3.61. The molecule has 0 bridgehead atoms. The summed E-state index contributed by atoms with van der Waals surface area (Å²) in [6.45, 7) is 1.52. The van der Waals surface area contributed by atoms with Crippen LogP contribution in [0.4, 0.5) is 11.4 Å². The van der Waals surface area contributed by atoms with E-state index in [1.165, 1.54) is 6.92 Å². The van der Waals surface area contributed by atoms with Crippen LogP contribution in [0.1, 0.15) is 12.5 Å². The van der Waals surface area contributed by atoms with Gasteiger partial charge in [0.1, 0.15) is 0 Å². The molecule has 0 saturated heterocycles. The molecule has 0 aliphatic carbocycles. The van der Waals surface area contributed by atoms with E-state index in [9.17, 15) is 10.1 Å². The van der Waals surface area contributed by atoms with E-state index in [2.05, 4.69) is 17.0 Å². The second-order valence-corrected chi connectivity index (χ2v) is 5.71. The molecule has 2 aromatic carbocycles. The Balaban J connectivity index is 2.85. The van der Waals surface area contributed by atoms with E-state index in [-0.39, 0.29) is 10.6 Å². The average Bonchev–Trinajstić information content (AvgIpc) is 2.45. The van der Waals surface area contributed by atoms with E-state index in [1.807, 2.05) is 51.3 Å². The average molecular weight is 299 g/mol. The summed E-state index contributed by atoms with van der Waals surface area (Å²) >= 11 is 0. The zero-order valence-corrected chi connectivity index (χ0v) is 13.6. The Morgan fingerprint density at radius 3 is 2.32 bits per heavy atom. The summed E-state index contributed by atoms with van der Waals surface area (Å²) in [5.74, 6) is 0. The maximum atomic E-state index is 10.9. The van der Waals surface area contributed by atoms with E-state index in [1.54, 1.807) is 6.08 Å². The smallest absolute Gasteiger partial charge is 0.243 e. The second-order valence-electron chi connectivity index (χ2n) is 5.71. The van der Waals surface area contributed by atoms with Crippen LogP contribution < -0.4 is 9.80 Å². The van der Waals surface area contributed by atoms with Gasteiger partial charge in [-0.25, -0.2) is 0 Å². The lowest BCUT2D eigenvalue weighted by atomic mass is 10.0. The minimum absolute atomic E-state index is 0.129. The topological polar surface area (TPSA) is 49.6 Å². The number of allylic oxidation sites excluding steroid dienone is 1. The van der Waals surface area contributed by atoms with Gasteiger partial charge in [0.2, 0.25) is 5.70 Å². The molecule has 5 nitrogen and oxygen atoms in total. The molecule has 0 unspecified atom stereocenters. The number of rotatable bonds is 4. The molecule has 0 spiro atoms. The van der Waals surface area contributed by atoms with Crippen molar-refractivity contribution in [2.24, 2.45) is 0 Å². The summed E-state index contributed by atoms with van der Waals surface area (Å²) < 4.78 is 0. The first-order chi connectivity index (χ1) is 10.3. The van der Waals surface area contributed by atoms with E-state index in [0.717, 1.165) is 27.7 Å². The van der Waals surface area contributed by atoms with Crippen LogP contribution in [0.25, 0.3) is 16.8 Å². The molecule has 0 heterocycles. The zero-order chi connectivity index (χ0) is 16.4. The van der Waals surface area contributed by atoms with Crippen LogP contribution in [-0.4, -0.2) is 33.1 Å². The Hall–Kier alpha value is -2.56. The molecule has 0 aromatic heterocycles. The highest BCUT2D eigenvalue weighted by Crippen LogP contribution is 2.37. The van der Waals surface area contributed by atoms with Crippen molar-refractivity contribution in [1.29, 1.82) is 0 Å². The lowest BCUT2D eigenvalue weighted by molar-refractivity contribution is -0.422. The lowest BCUT2D eigenvalue weighted by Crippen LogP contribution is -2.14. The van der Waals surface area contributed by atoms with Gasteiger partial charge >= 0.3 is 0 Å². The van der Waals surface area contributed by atoms with Gasteiger partial charge in [-0.05, 0) is 11.5 Å². The predicted molar refractivity (Wildman–Crippen MR) is 93.2 cm³/mol. The summed E-state index contributed by atoms with van der Waals surface area (Å²) in [6, 6.07) is 10.1. The van der Waals surface area contributed by atoms with Crippen molar-refractivity contribution in [2.75, 3.05) is 38.0 Å². The molecular formula is C17H21N3O2. The normalized spacial score (nSPS) is 11.6. The Kier molecular flexibility index (Phi) is 4.35. The molecule has 0 radical (unpaired) electrons. The summed E-state index contributed by atoms with van der Waals surface area (Å²) in [4.78, 5) is 14.6. The number of nitrogens with zero attached hydrogens (tertiary/aromatic N) is 3. The van der Waals surface area contributed by atoms with E-state index in [4.69, 9.17) is 0 Å². The third kappa shape index (κ3) is 2.88. The molecule has 2 aromatic rings. The zero-order valence-electron chi connectivity index (χ0n) is 13.6. The Morgan fingerprint density at radius 2 is 1.77 bits per heavy atom. The quantitative estimate of drug-likeness (QED) is 0.639. The van der Waals surface area contributed by atoms with E-state index in [0.29, 0.717) is 0 Å². The van der Waals surface area contributed by atoms with Crippen LogP contribution in [0.3, 0.4) is 0 Å². The lowest BCUT2D eigenvalue weighted by Gasteiger charge is -2.23. The SMILES string of the molecule is C/C(=C/c1ccc2cccc(N(C)C)c2c1N(C)C)[N+](=O)[O-]. The Bertz CT molecular complexity index is 749. The molecule has 0 fully saturated rings. The molecule has 0 aliphatic heterocycles. The first-order valence-corrected chi connectivity index (χ1v) is 7.06. The summed E-state index contributed by atoms with van der Waals surface area (Å²) in [7, 11) is 7.91. The molecule has 2 rings (SSSR count). The van der Waals surface area contributed by atoms with Gasteiger partial charge in [0.25, 0.3) is 0 Å². The van der Waals surface area contributed by atoms with Crippen LogP contribution in [0.15, 0.2) is 36.0 Å². The monoisotopic (exact) mass is 299 g/mol. The fourth-order valence-corrected chi connectivity index (χ4v) is 2.61. The maximum absolute atomic E-state index is 10.9. The highest BCUT2D eigenvalue weighted by molar-refractivity contribution is 6.06. The number of fused-ring (bicyclic) bond motifs is 1. The summed E-state index contributed by atoms with van der Waals surface area (Å²) in [6.07, 6.45) is 1.63. The summed E-state index contributed by atoms with van der Waals surface area (Å²) in [5, 5.41) is 13.2. The van der Waals surface area contributed by atoms with Gasteiger partial charge in [-0.15, -0.1) is 0 Å². The van der Waals surface area contributed by atoms with Gasteiger partial charge < -0.3 is 9.80 Å². The van der Waals surface area contributed by atoms with E-state index < -0.39 is 0 Å². The van der Waals surface area contributed by atoms with Gasteiger partial charge in [0.15, 0.2) is 0 Å². The summed E-state index contributed by atoms with van der Waals surface area (Å²) in [5.41, 5.74) is 3.06. The van der Waals surface area contributed by atoms with Gasteiger partial charge in [0.05, 0.1) is 10.6 Å². The van der Waals surface area contributed by atoms with Gasteiger partial charge in [-0.3, -0.25) is 10.1 Å². The van der Waals surface area contributed by atoms with Crippen molar-refractivity contribution in [2.45, 2.75) is 6.92 Å². The molecule has 0 N–H and O–H groups in total. The van der Waals surface area contributed by atoms with Crippen molar-refractivity contribution in [3.8, 4) is 0 Å². The molecule has 5 heteroatoms. The molecule has 0 atom stereocenters. The molecule has 0 saturated carbocycles. The standard InChI is InChI=1S/C17H21N3O2/c1-12(20(21)22)11-14-10-9-13-7-6-8-15(18(2)3)16(13)17(14)19(4)5/h6-11H,1-5H3/b12-11-. The van der Waals surface area contributed by atoms with Crippen molar-refractivity contribution < 1.29 is 4.92 Å². The number of hydrogen-bond donors (Lipinski definition) is 0.